The standard InChI is InChI=1S/C16H9F4NO3/c17-13-11(24-10-4-2-1-3-8(10)7-21)6-5-9-12(13)16(22,23)15(19,20)14(9)18/h1-6,14,22-23H. The molecule has 124 valence electrons. The highest BCUT2D eigenvalue weighted by molar-refractivity contribution is 5.50. The number of para-hydroxylation sites is 1. The van der Waals surface area contributed by atoms with Gasteiger partial charge < -0.3 is 14.9 Å². The van der Waals surface area contributed by atoms with E-state index in [1.54, 1.807) is 6.07 Å². The fraction of sp³-hybridized carbons (Fsp3) is 0.188. The molecule has 0 amide bonds. The first-order chi connectivity index (χ1) is 11.2. The molecule has 24 heavy (non-hydrogen) atoms. The molecule has 4 nitrogen and oxygen atoms in total. The summed E-state index contributed by atoms with van der Waals surface area (Å²) >= 11 is 0. The highest BCUT2D eigenvalue weighted by atomic mass is 19.3. The zero-order valence-electron chi connectivity index (χ0n) is 11.8. The van der Waals surface area contributed by atoms with Gasteiger partial charge in [0.05, 0.1) is 11.1 Å². The number of fused-ring (bicyclic) bond motifs is 1. The van der Waals surface area contributed by atoms with E-state index in [0.717, 1.165) is 12.1 Å². The summed E-state index contributed by atoms with van der Waals surface area (Å²) in [7, 11) is 0. The van der Waals surface area contributed by atoms with Crippen molar-refractivity contribution in [1.82, 2.24) is 0 Å². The van der Waals surface area contributed by atoms with Crippen LogP contribution in [0.5, 0.6) is 11.5 Å². The van der Waals surface area contributed by atoms with E-state index in [2.05, 4.69) is 0 Å². The molecule has 2 N–H and O–H groups in total. The van der Waals surface area contributed by atoms with Gasteiger partial charge in [-0.3, -0.25) is 0 Å². The van der Waals surface area contributed by atoms with Crippen LogP contribution in [0.1, 0.15) is 22.9 Å². The molecule has 0 spiro atoms. The van der Waals surface area contributed by atoms with E-state index in [1.807, 2.05) is 0 Å². The van der Waals surface area contributed by atoms with Gasteiger partial charge in [0.1, 0.15) is 11.8 Å². The lowest BCUT2D eigenvalue weighted by molar-refractivity contribution is -0.313. The Hall–Kier alpha value is -2.63. The summed E-state index contributed by atoms with van der Waals surface area (Å²) in [4.78, 5) is 0. The molecule has 1 unspecified atom stereocenters. The molecule has 3 rings (SSSR count). The maximum atomic E-state index is 14.5. The molecule has 1 aliphatic rings. The van der Waals surface area contributed by atoms with Crippen LogP contribution in [-0.4, -0.2) is 16.1 Å². The molecule has 0 aromatic heterocycles. The molecule has 0 saturated carbocycles. The van der Waals surface area contributed by atoms with Crippen LogP contribution in [-0.2, 0) is 5.79 Å². The minimum absolute atomic E-state index is 0.0466. The lowest BCUT2D eigenvalue weighted by Gasteiger charge is -2.25. The Morgan fingerprint density at radius 3 is 2.42 bits per heavy atom. The number of alkyl halides is 3. The first-order valence-electron chi connectivity index (χ1n) is 6.68. The smallest absolute Gasteiger partial charge is 0.339 e. The second-order valence-electron chi connectivity index (χ2n) is 5.21. The molecule has 0 fully saturated rings. The van der Waals surface area contributed by atoms with Crippen molar-refractivity contribution in [2.24, 2.45) is 0 Å². The summed E-state index contributed by atoms with van der Waals surface area (Å²) in [5.41, 5.74) is -2.11. The van der Waals surface area contributed by atoms with Crippen LogP contribution in [0.25, 0.3) is 0 Å². The van der Waals surface area contributed by atoms with Crippen molar-refractivity contribution in [2.75, 3.05) is 0 Å². The molecule has 0 heterocycles. The Morgan fingerprint density at radius 2 is 1.75 bits per heavy atom. The van der Waals surface area contributed by atoms with Crippen molar-refractivity contribution in [2.45, 2.75) is 17.9 Å². The van der Waals surface area contributed by atoms with Crippen molar-refractivity contribution in [1.29, 1.82) is 5.26 Å². The third-order valence-electron chi connectivity index (χ3n) is 3.77. The third kappa shape index (κ3) is 2.06. The van der Waals surface area contributed by atoms with Gasteiger partial charge in [-0.05, 0) is 18.2 Å². The van der Waals surface area contributed by atoms with Gasteiger partial charge in [0.2, 0.25) is 0 Å². The predicted octanol–water partition coefficient (Wildman–Crippen LogP) is 3.29. The molecular weight excluding hydrogens is 330 g/mol. The van der Waals surface area contributed by atoms with Gasteiger partial charge in [-0.1, -0.05) is 18.2 Å². The number of rotatable bonds is 2. The van der Waals surface area contributed by atoms with E-state index in [-0.39, 0.29) is 11.3 Å². The average molecular weight is 339 g/mol. The first kappa shape index (κ1) is 16.2. The Bertz CT molecular complexity index is 861. The third-order valence-corrected chi connectivity index (χ3v) is 3.77. The molecule has 1 aliphatic carbocycles. The van der Waals surface area contributed by atoms with Gasteiger partial charge in [0, 0.05) is 5.56 Å². The quantitative estimate of drug-likeness (QED) is 0.650. The number of aliphatic hydroxyl groups is 2. The lowest BCUT2D eigenvalue weighted by atomic mass is 10.1. The number of nitriles is 1. The molecule has 0 radical (unpaired) electrons. The highest BCUT2D eigenvalue weighted by Gasteiger charge is 2.67. The second-order valence-corrected chi connectivity index (χ2v) is 5.21. The molecule has 1 atom stereocenters. The Kier molecular flexibility index (Phi) is 3.51. The minimum atomic E-state index is -4.61. The van der Waals surface area contributed by atoms with E-state index >= 15 is 0 Å². The highest BCUT2D eigenvalue weighted by Crippen LogP contribution is 2.56. The number of nitrogens with zero attached hydrogens (tertiary/aromatic N) is 1. The Morgan fingerprint density at radius 1 is 1.08 bits per heavy atom. The monoisotopic (exact) mass is 339 g/mol. The number of hydrogen-bond donors (Lipinski definition) is 2. The molecule has 0 bridgehead atoms. The van der Waals surface area contributed by atoms with Crippen molar-refractivity contribution >= 4 is 0 Å². The normalized spacial score (nSPS) is 20.3. The largest absolute Gasteiger partial charge is 0.453 e. The van der Waals surface area contributed by atoms with Crippen molar-refractivity contribution in [3.63, 3.8) is 0 Å². The maximum absolute atomic E-state index is 14.5. The van der Waals surface area contributed by atoms with Crippen LogP contribution in [0.2, 0.25) is 0 Å². The summed E-state index contributed by atoms with van der Waals surface area (Å²) in [5.74, 6) is -10.9. The van der Waals surface area contributed by atoms with E-state index < -0.39 is 40.6 Å². The SMILES string of the molecule is N#Cc1ccccc1Oc1ccc2c(c1F)C(O)(O)C(F)(F)C2F. The number of halogens is 4. The van der Waals surface area contributed by atoms with Crippen LogP contribution in [0.15, 0.2) is 36.4 Å². The zero-order valence-corrected chi connectivity index (χ0v) is 11.8. The molecule has 2 aromatic carbocycles. The summed E-state index contributed by atoms with van der Waals surface area (Å²) < 4.78 is 60.7. The van der Waals surface area contributed by atoms with Gasteiger partial charge in [-0.15, -0.1) is 0 Å². The number of benzene rings is 2. The maximum Gasteiger partial charge on any atom is 0.339 e. The van der Waals surface area contributed by atoms with Crippen molar-refractivity contribution in [3.05, 3.63) is 58.9 Å². The van der Waals surface area contributed by atoms with Crippen LogP contribution < -0.4 is 4.74 Å². The summed E-state index contributed by atoms with van der Waals surface area (Å²) in [5, 5.41) is 28.0. The second kappa shape index (κ2) is 5.19. The molecule has 2 aromatic rings. The van der Waals surface area contributed by atoms with E-state index in [0.29, 0.717) is 0 Å². The zero-order chi connectivity index (χ0) is 17.7. The average Bonchev–Trinajstić information content (AvgIpc) is 2.68. The number of ether oxygens (including phenoxy) is 1. The van der Waals surface area contributed by atoms with Gasteiger partial charge in [-0.2, -0.15) is 14.0 Å². The van der Waals surface area contributed by atoms with Crippen LogP contribution in [0, 0.1) is 17.1 Å². The van der Waals surface area contributed by atoms with E-state index in [1.165, 1.54) is 24.3 Å². The predicted molar refractivity (Wildman–Crippen MR) is 72.5 cm³/mol. The van der Waals surface area contributed by atoms with E-state index in [9.17, 15) is 27.8 Å². The van der Waals surface area contributed by atoms with Crippen LogP contribution in [0.3, 0.4) is 0 Å². The molecule has 8 heteroatoms. The minimum Gasteiger partial charge on any atom is -0.453 e. The molecule has 0 saturated heterocycles. The molecular formula is C16H9F4NO3. The van der Waals surface area contributed by atoms with Gasteiger partial charge in [-0.25, -0.2) is 8.78 Å². The van der Waals surface area contributed by atoms with Crippen LogP contribution in [0.4, 0.5) is 17.6 Å². The number of hydrogen-bond acceptors (Lipinski definition) is 4. The Balaban J connectivity index is 2.11. The lowest BCUT2D eigenvalue weighted by Crippen LogP contribution is -2.43. The molecule has 0 aliphatic heterocycles. The van der Waals surface area contributed by atoms with Crippen molar-refractivity contribution in [3.8, 4) is 17.6 Å². The van der Waals surface area contributed by atoms with Gasteiger partial charge in [0.15, 0.2) is 17.7 Å². The topological polar surface area (TPSA) is 73.5 Å². The first-order valence-corrected chi connectivity index (χ1v) is 6.68. The van der Waals surface area contributed by atoms with Crippen molar-refractivity contribution < 1.29 is 32.5 Å². The fourth-order valence-corrected chi connectivity index (χ4v) is 2.52. The van der Waals surface area contributed by atoms with Gasteiger partial charge >= 0.3 is 5.92 Å². The Labute approximate surface area is 133 Å². The summed E-state index contributed by atoms with van der Waals surface area (Å²) in [6, 6.07) is 9.21. The van der Waals surface area contributed by atoms with E-state index in [4.69, 9.17) is 10.00 Å². The fourth-order valence-electron chi connectivity index (χ4n) is 2.52. The van der Waals surface area contributed by atoms with Crippen LogP contribution >= 0.6 is 0 Å². The summed E-state index contributed by atoms with van der Waals surface area (Å²) in [6.07, 6.45) is -3.07. The summed E-state index contributed by atoms with van der Waals surface area (Å²) in [6.45, 7) is 0. The van der Waals surface area contributed by atoms with Gasteiger partial charge in [0.25, 0.3) is 5.79 Å².